The number of primary amides is 1. The number of nitrogens with zero attached hydrogens (tertiary/aromatic N) is 4. The van der Waals surface area contributed by atoms with E-state index >= 15 is 0 Å². The zero-order chi connectivity index (χ0) is 21.1. The predicted octanol–water partition coefficient (Wildman–Crippen LogP) is 2.33. The van der Waals surface area contributed by atoms with Crippen LogP contribution in [0.5, 0.6) is 0 Å². The van der Waals surface area contributed by atoms with Crippen LogP contribution >= 0.6 is 0 Å². The Morgan fingerprint density at radius 2 is 2.00 bits per heavy atom. The van der Waals surface area contributed by atoms with Crippen LogP contribution < -0.4 is 22.1 Å². The Balaban J connectivity index is 1.64. The molecule has 1 aliphatic rings. The van der Waals surface area contributed by atoms with Gasteiger partial charge in [-0.3, -0.25) is 9.78 Å². The van der Waals surface area contributed by atoms with Gasteiger partial charge >= 0.3 is 0 Å². The van der Waals surface area contributed by atoms with E-state index in [0.29, 0.717) is 5.69 Å². The Labute approximate surface area is 172 Å². The quantitative estimate of drug-likeness (QED) is 0.489. The van der Waals surface area contributed by atoms with Crippen molar-refractivity contribution in [3.05, 3.63) is 54.6 Å². The number of hydrogen-bond acceptors (Lipinski definition) is 7. The summed E-state index contributed by atoms with van der Waals surface area (Å²) < 4.78 is 16.4. The first-order valence-corrected chi connectivity index (χ1v) is 9.74. The predicted molar refractivity (Wildman–Crippen MR) is 111 cm³/mol. The standard InChI is InChI=1S/C20H23FN8O/c21-15-8-14(18(23)30)19(28-20(15)27-17-4-2-1-3-16(17)22)26-12-7-13(10-25-9-12)29-6-5-24-11-29/h5-11,16-17H,1-4,22H2,(H2,23,30)(H2,26,27,28)/t16-,17+/m0/s1. The van der Waals surface area contributed by atoms with Crippen molar-refractivity contribution in [3.63, 3.8) is 0 Å². The number of hydrogen-bond donors (Lipinski definition) is 4. The summed E-state index contributed by atoms with van der Waals surface area (Å²) in [6, 6.07) is 2.72. The molecule has 3 heterocycles. The molecule has 0 spiro atoms. The maximum atomic E-state index is 14.6. The molecule has 4 rings (SSSR count). The third kappa shape index (κ3) is 4.23. The van der Waals surface area contributed by atoms with Gasteiger partial charge in [0.05, 0.1) is 35.7 Å². The lowest BCUT2D eigenvalue weighted by atomic mass is 9.91. The van der Waals surface area contributed by atoms with Crippen molar-refractivity contribution in [2.45, 2.75) is 37.8 Å². The van der Waals surface area contributed by atoms with Crippen LogP contribution in [-0.4, -0.2) is 37.5 Å². The van der Waals surface area contributed by atoms with Crippen molar-refractivity contribution >= 4 is 23.2 Å². The second kappa shape index (κ2) is 8.46. The fourth-order valence-electron chi connectivity index (χ4n) is 3.57. The van der Waals surface area contributed by atoms with E-state index in [2.05, 4.69) is 25.6 Å². The van der Waals surface area contributed by atoms with E-state index in [0.717, 1.165) is 37.4 Å². The molecule has 1 aliphatic carbocycles. The molecule has 0 aliphatic heterocycles. The van der Waals surface area contributed by atoms with Crippen LogP contribution in [-0.2, 0) is 0 Å². The highest BCUT2D eigenvalue weighted by molar-refractivity contribution is 5.98. The summed E-state index contributed by atoms with van der Waals surface area (Å²) >= 11 is 0. The number of imidazole rings is 1. The number of nitrogens with one attached hydrogen (secondary N) is 2. The summed E-state index contributed by atoms with van der Waals surface area (Å²) in [7, 11) is 0. The Morgan fingerprint density at radius 1 is 1.17 bits per heavy atom. The first-order valence-electron chi connectivity index (χ1n) is 9.74. The summed E-state index contributed by atoms with van der Waals surface area (Å²) in [6.07, 6.45) is 12.1. The van der Waals surface area contributed by atoms with E-state index in [9.17, 15) is 9.18 Å². The topological polar surface area (TPSA) is 137 Å². The van der Waals surface area contributed by atoms with Gasteiger partial charge in [0.25, 0.3) is 5.91 Å². The lowest BCUT2D eigenvalue weighted by Gasteiger charge is -2.30. The lowest BCUT2D eigenvalue weighted by molar-refractivity contribution is 0.100. The number of carbonyl (C=O) groups excluding carboxylic acids is 1. The SMILES string of the molecule is NC(=O)c1cc(F)c(N[C@@H]2CCCC[C@@H]2N)nc1Nc1cncc(-n2ccnc2)c1. The normalized spacial score (nSPS) is 18.7. The molecule has 0 radical (unpaired) electrons. The van der Waals surface area contributed by atoms with Crippen LogP contribution in [0.25, 0.3) is 5.69 Å². The molecule has 2 atom stereocenters. The summed E-state index contributed by atoms with van der Waals surface area (Å²) in [6.45, 7) is 0. The van der Waals surface area contributed by atoms with Gasteiger partial charge in [-0.1, -0.05) is 12.8 Å². The molecule has 0 bridgehead atoms. The largest absolute Gasteiger partial charge is 0.365 e. The number of pyridine rings is 2. The molecule has 3 aromatic heterocycles. The molecule has 10 heteroatoms. The summed E-state index contributed by atoms with van der Waals surface area (Å²) in [4.78, 5) is 24.4. The maximum absolute atomic E-state index is 14.6. The molecular formula is C20H23FN8O. The highest BCUT2D eigenvalue weighted by Crippen LogP contribution is 2.27. The number of nitrogens with two attached hydrogens (primary N) is 2. The van der Waals surface area contributed by atoms with E-state index in [1.165, 1.54) is 0 Å². The van der Waals surface area contributed by atoms with Crippen LogP contribution in [0, 0.1) is 5.82 Å². The van der Waals surface area contributed by atoms with Crippen LogP contribution in [0.15, 0.2) is 43.2 Å². The number of halogens is 1. The molecule has 9 nitrogen and oxygen atoms in total. The molecule has 1 fully saturated rings. The molecule has 0 aromatic carbocycles. The van der Waals surface area contributed by atoms with Gasteiger partial charge in [0.2, 0.25) is 0 Å². The monoisotopic (exact) mass is 410 g/mol. The minimum Gasteiger partial charge on any atom is -0.365 e. The van der Waals surface area contributed by atoms with E-state index in [4.69, 9.17) is 11.5 Å². The molecule has 30 heavy (non-hydrogen) atoms. The zero-order valence-corrected chi connectivity index (χ0v) is 16.3. The van der Waals surface area contributed by atoms with E-state index in [1.807, 2.05) is 0 Å². The lowest BCUT2D eigenvalue weighted by Crippen LogP contribution is -2.43. The molecule has 0 unspecified atom stereocenters. The van der Waals surface area contributed by atoms with E-state index < -0.39 is 11.7 Å². The second-order valence-electron chi connectivity index (χ2n) is 7.31. The molecule has 1 saturated carbocycles. The highest BCUT2D eigenvalue weighted by Gasteiger charge is 2.24. The van der Waals surface area contributed by atoms with Crippen molar-refractivity contribution in [1.82, 2.24) is 19.5 Å². The molecule has 1 amide bonds. The van der Waals surface area contributed by atoms with Gasteiger partial charge in [0.15, 0.2) is 11.6 Å². The fraction of sp³-hybridized carbons (Fsp3) is 0.300. The summed E-state index contributed by atoms with van der Waals surface area (Å²) in [5, 5.41) is 6.12. The minimum absolute atomic E-state index is 0.0311. The van der Waals surface area contributed by atoms with Gasteiger partial charge < -0.3 is 26.7 Å². The molecule has 156 valence electrons. The van der Waals surface area contributed by atoms with E-state index in [-0.39, 0.29) is 29.3 Å². The molecule has 3 aromatic rings. The number of aromatic nitrogens is 4. The second-order valence-corrected chi connectivity index (χ2v) is 7.31. The van der Waals surface area contributed by atoms with Crippen LogP contribution in [0.1, 0.15) is 36.0 Å². The number of amides is 1. The number of carbonyl (C=O) groups is 1. The third-order valence-electron chi connectivity index (χ3n) is 5.17. The van der Waals surface area contributed by atoms with Crippen molar-refractivity contribution in [3.8, 4) is 5.69 Å². The van der Waals surface area contributed by atoms with Crippen molar-refractivity contribution in [1.29, 1.82) is 0 Å². The Morgan fingerprint density at radius 3 is 2.73 bits per heavy atom. The van der Waals surface area contributed by atoms with Gasteiger partial charge in [0, 0.05) is 24.5 Å². The first-order chi connectivity index (χ1) is 14.5. The molecule has 6 N–H and O–H groups in total. The van der Waals surface area contributed by atoms with Gasteiger partial charge in [-0.05, 0) is 25.0 Å². The van der Waals surface area contributed by atoms with Crippen LogP contribution in [0.3, 0.4) is 0 Å². The Bertz CT molecular complexity index is 1040. The highest BCUT2D eigenvalue weighted by atomic mass is 19.1. The number of anilines is 3. The summed E-state index contributed by atoms with van der Waals surface area (Å²) in [5.41, 5.74) is 12.9. The van der Waals surface area contributed by atoms with Crippen LogP contribution in [0.4, 0.5) is 21.7 Å². The number of rotatable bonds is 6. The molecule has 0 saturated heterocycles. The fourth-order valence-corrected chi connectivity index (χ4v) is 3.57. The minimum atomic E-state index is -0.788. The van der Waals surface area contributed by atoms with Crippen molar-refractivity contribution < 1.29 is 9.18 Å². The summed E-state index contributed by atoms with van der Waals surface area (Å²) in [5.74, 6) is -1.27. The molecular weight excluding hydrogens is 387 g/mol. The smallest absolute Gasteiger partial charge is 0.252 e. The zero-order valence-electron chi connectivity index (χ0n) is 16.3. The average Bonchev–Trinajstić information content (AvgIpc) is 3.27. The van der Waals surface area contributed by atoms with Gasteiger partial charge in [-0.2, -0.15) is 0 Å². The maximum Gasteiger partial charge on any atom is 0.252 e. The first kappa shape index (κ1) is 19.8. The van der Waals surface area contributed by atoms with Crippen molar-refractivity contribution in [2.24, 2.45) is 11.5 Å². The van der Waals surface area contributed by atoms with Gasteiger partial charge in [-0.15, -0.1) is 0 Å². The third-order valence-corrected chi connectivity index (χ3v) is 5.17. The van der Waals surface area contributed by atoms with E-state index in [1.54, 1.807) is 41.7 Å². The van der Waals surface area contributed by atoms with Crippen LogP contribution in [0.2, 0.25) is 0 Å². The Hall–Kier alpha value is -3.53. The average molecular weight is 410 g/mol. The Kier molecular flexibility index (Phi) is 5.57. The van der Waals surface area contributed by atoms with Gasteiger partial charge in [0.1, 0.15) is 5.82 Å². The van der Waals surface area contributed by atoms with Crippen molar-refractivity contribution in [2.75, 3.05) is 10.6 Å². The van der Waals surface area contributed by atoms with Gasteiger partial charge in [-0.25, -0.2) is 14.4 Å².